The van der Waals surface area contributed by atoms with Crippen molar-refractivity contribution in [3.63, 3.8) is 0 Å². The topological polar surface area (TPSA) is 108 Å². The van der Waals surface area contributed by atoms with Crippen LogP contribution in [0, 0.1) is 0 Å². The van der Waals surface area contributed by atoms with E-state index >= 15 is 0 Å². The van der Waals surface area contributed by atoms with Gasteiger partial charge in [-0.15, -0.1) is 0 Å². The summed E-state index contributed by atoms with van der Waals surface area (Å²) in [5.74, 6) is 0.155. The predicted molar refractivity (Wildman–Crippen MR) is 114 cm³/mol. The van der Waals surface area contributed by atoms with E-state index in [1.807, 2.05) is 11.6 Å². The lowest BCUT2D eigenvalue weighted by atomic mass is 10.1. The maximum absolute atomic E-state index is 12.8. The summed E-state index contributed by atoms with van der Waals surface area (Å²) in [7, 11) is -1.36. The van der Waals surface area contributed by atoms with Crippen molar-refractivity contribution in [2.75, 3.05) is 18.9 Å². The van der Waals surface area contributed by atoms with E-state index in [1.54, 1.807) is 24.1 Å². The fourth-order valence-corrected chi connectivity index (χ4v) is 3.53. The lowest BCUT2D eigenvalue weighted by Crippen LogP contribution is -2.47. The van der Waals surface area contributed by atoms with Crippen molar-refractivity contribution in [2.45, 2.75) is 52.0 Å². The van der Waals surface area contributed by atoms with Gasteiger partial charge in [-0.3, -0.25) is 19.0 Å². The van der Waals surface area contributed by atoms with E-state index in [2.05, 4.69) is 12.2 Å². The van der Waals surface area contributed by atoms with E-state index in [0.29, 0.717) is 11.5 Å². The summed E-state index contributed by atoms with van der Waals surface area (Å²) in [6, 6.07) is 4.83. The number of nitrogens with one attached hydrogen (secondary N) is 2. The summed E-state index contributed by atoms with van der Waals surface area (Å²) in [6.45, 7) is 4.07. The number of amides is 1. The number of ether oxygens (including phenoxy) is 1. The Hall–Kier alpha value is -1.91. The molecule has 0 aliphatic heterocycles. The van der Waals surface area contributed by atoms with Crippen LogP contribution in [-0.4, -0.2) is 49.1 Å². The molecule has 0 saturated carbocycles. The molecule has 1 rings (SSSR count). The van der Waals surface area contributed by atoms with Crippen LogP contribution in [0.5, 0.6) is 5.75 Å². The van der Waals surface area contributed by atoms with Crippen LogP contribution < -0.4 is 14.8 Å². The van der Waals surface area contributed by atoms with Crippen LogP contribution >= 0.6 is 12.2 Å². The van der Waals surface area contributed by atoms with Gasteiger partial charge >= 0.3 is 10.3 Å². The number of benzene rings is 1. The minimum Gasteiger partial charge on any atom is -0.495 e. The number of anilines is 1. The Morgan fingerprint density at radius 3 is 2.61 bits per heavy atom. The van der Waals surface area contributed by atoms with Crippen LogP contribution in [0.4, 0.5) is 5.69 Å². The quantitative estimate of drug-likeness (QED) is 0.386. The SMILES string of the molecule is CCCCC(C)N(C(=O)CCc1ccc(OC)c(NS(=O)(=O)O)c1)C(=S)NC. The Morgan fingerprint density at radius 2 is 2.07 bits per heavy atom. The van der Waals surface area contributed by atoms with E-state index in [1.165, 1.54) is 13.2 Å². The van der Waals surface area contributed by atoms with Gasteiger partial charge in [-0.1, -0.05) is 25.8 Å². The highest BCUT2D eigenvalue weighted by Crippen LogP contribution is 2.27. The van der Waals surface area contributed by atoms with Gasteiger partial charge in [0.15, 0.2) is 5.11 Å². The highest BCUT2D eigenvalue weighted by molar-refractivity contribution is 7.87. The second-order valence-corrected chi connectivity index (χ2v) is 7.96. The lowest BCUT2D eigenvalue weighted by Gasteiger charge is -2.29. The molecule has 1 aromatic carbocycles. The maximum atomic E-state index is 12.8. The van der Waals surface area contributed by atoms with Crippen molar-refractivity contribution in [3.8, 4) is 5.75 Å². The van der Waals surface area contributed by atoms with Gasteiger partial charge in [-0.05, 0) is 49.7 Å². The predicted octanol–water partition coefficient (Wildman–Crippen LogP) is 2.75. The molecule has 10 heteroatoms. The van der Waals surface area contributed by atoms with E-state index < -0.39 is 10.3 Å². The molecule has 0 heterocycles. The molecule has 0 aliphatic carbocycles. The molecular formula is C18H29N3O5S2. The largest absolute Gasteiger partial charge is 0.495 e. The number of carbonyl (C=O) groups is 1. The van der Waals surface area contributed by atoms with E-state index in [9.17, 15) is 13.2 Å². The zero-order valence-electron chi connectivity index (χ0n) is 16.7. The van der Waals surface area contributed by atoms with Crippen LogP contribution in [0.15, 0.2) is 18.2 Å². The summed E-state index contributed by atoms with van der Waals surface area (Å²) < 4.78 is 38.3. The summed E-state index contributed by atoms with van der Waals surface area (Å²) in [6.07, 6.45) is 3.48. The number of carbonyl (C=O) groups excluding carboxylic acids is 1. The van der Waals surface area contributed by atoms with Crippen LogP contribution in [0.3, 0.4) is 0 Å². The highest BCUT2D eigenvalue weighted by Gasteiger charge is 2.23. The second-order valence-electron chi connectivity index (χ2n) is 6.42. The molecule has 158 valence electrons. The van der Waals surface area contributed by atoms with Crippen molar-refractivity contribution in [1.82, 2.24) is 10.2 Å². The first-order valence-electron chi connectivity index (χ1n) is 9.08. The maximum Gasteiger partial charge on any atom is 0.357 e. The first-order valence-corrected chi connectivity index (χ1v) is 10.9. The van der Waals surface area contributed by atoms with Crippen LogP contribution in [0.2, 0.25) is 0 Å². The average molecular weight is 432 g/mol. The van der Waals surface area contributed by atoms with Crippen LogP contribution in [0.1, 0.15) is 45.1 Å². The lowest BCUT2D eigenvalue weighted by molar-refractivity contribution is -0.128. The average Bonchev–Trinajstić information content (AvgIpc) is 2.63. The van der Waals surface area contributed by atoms with E-state index in [4.69, 9.17) is 21.5 Å². The fraction of sp³-hybridized carbons (Fsp3) is 0.556. The van der Waals surface area contributed by atoms with Crippen molar-refractivity contribution in [2.24, 2.45) is 0 Å². The Balaban J connectivity index is 2.91. The minimum atomic E-state index is -4.44. The molecule has 3 N–H and O–H groups in total. The Bertz CT molecular complexity index is 783. The van der Waals surface area contributed by atoms with Crippen LogP contribution in [-0.2, 0) is 21.5 Å². The van der Waals surface area contributed by atoms with Crippen molar-refractivity contribution < 1.29 is 22.5 Å². The van der Waals surface area contributed by atoms with Gasteiger partial charge in [0.1, 0.15) is 5.75 Å². The molecule has 8 nitrogen and oxygen atoms in total. The fourth-order valence-electron chi connectivity index (χ4n) is 2.81. The smallest absolute Gasteiger partial charge is 0.357 e. The van der Waals surface area contributed by atoms with Gasteiger partial charge in [0.2, 0.25) is 5.91 Å². The highest BCUT2D eigenvalue weighted by atomic mass is 32.2. The number of aryl methyl sites for hydroxylation is 1. The molecule has 28 heavy (non-hydrogen) atoms. The molecule has 0 aliphatic rings. The van der Waals surface area contributed by atoms with E-state index in [-0.39, 0.29) is 29.8 Å². The molecule has 0 spiro atoms. The molecule has 1 atom stereocenters. The molecule has 0 fully saturated rings. The number of methoxy groups -OCH3 is 1. The van der Waals surface area contributed by atoms with Gasteiger partial charge in [-0.2, -0.15) is 8.42 Å². The summed E-state index contributed by atoms with van der Waals surface area (Å²) in [4.78, 5) is 14.4. The molecule has 0 radical (unpaired) electrons. The monoisotopic (exact) mass is 431 g/mol. The van der Waals surface area contributed by atoms with Crippen molar-refractivity contribution in [3.05, 3.63) is 23.8 Å². The number of hydrogen-bond acceptors (Lipinski definition) is 5. The molecule has 0 bridgehead atoms. The third kappa shape index (κ3) is 7.61. The van der Waals surface area contributed by atoms with Gasteiger partial charge in [0, 0.05) is 19.5 Å². The summed E-state index contributed by atoms with van der Waals surface area (Å²) in [5.41, 5.74) is 0.825. The molecular weight excluding hydrogens is 402 g/mol. The molecule has 1 amide bonds. The van der Waals surface area contributed by atoms with Gasteiger partial charge in [0.25, 0.3) is 0 Å². The molecule has 1 unspecified atom stereocenters. The Morgan fingerprint density at radius 1 is 1.39 bits per heavy atom. The molecule has 0 saturated heterocycles. The number of unbranched alkanes of at least 4 members (excludes halogenated alkanes) is 1. The first kappa shape index (κ1) is 24.1. The third-order valence-corrected chi connectivity index (χ3v) is 5.13. The summed E-state index contributed by atoms with van der Waals surface area (Å²) >= 11 is 5.30. The number of thiocarbonyl (C=S) groups is 1. The molecule has 1 aromatic rings. The van der Waals surface area contributed by atoms with E-state index in [0.717, 1.165) is 24.8 Å². The Labute approximate surface area is 172 Å². The molecule has 0 aromatic heterocycles. The third-order valence-electron chi connectivity index (χ3n) is 4.25. The van der Waals surface area contributed by atoms with Gasteiger partial charge < -0.3 is 10.1 Å². The minimum absolute atomic E-state index is 0.0139. The first-order chi connectivity index (χ1) is 13.1. The van der Waals surface area contributed by atoms with Gasteiger partial charge in [-0.25, -0.2) is 0 Å². The zero-order chi connectivity index (χ0) is 21.3. The van der Waals surface area contributed by atoms with Gasteiger partial charge in [0.05, 0.1) is 12.8 Å². The number of nitrogens with zero attached hydrogens (tertiary/aromatic N) is 1. The number of rotatable bonds is 10. The standard InChI is InChI=1S/C18H29N3O5S2/c1-5-6-7-13(2)21(18(27)19-3)17(22)11-9-14-8-10-16(26-4)15(12-14)20-28(23,24)25/h8,10,12-13,20H,5-7,9,11H2,1-4H3,(H,19,27)(H,23,24,25). The van der Waals surface area contributed by atoms with Crippen LogP contribution in [0.25, 0.3) is 0 Å². The zero-order valence-corrected chi connectivity index (χ0v) is 18.3. The number of hydrogen-bond donors (Lipinski definition) is 3. The second kappa shape index (κ2) is 11.2. The van der Waals surface area contributed by atoms with Crippen molar-refractivity contribution >= 4 is 39.2 Å². The normalized spacial score (nSPS) is 12.2. The van der Waals surface area contributed by atoms with Crippen molar-refractivity contribution in [1.29, 1.82) is 0 Å². The summed E-state index contributed by atoms with van der Waals surface area (Å²) in [5, 5.41) is 3.25. The Kier molecular flexibility index (Phi) is 9.63.